The van der Waals surface area contributed by atoms with Crippen LogP contribution in [0.5, 0.6) is 5.75 Å². The Morgan fingerprint density at radius 3 is 2.64 bits per heavy atom. The molecule has 0 atom stereocenters. The summed E-state index contributed by atoms with van der Waals surface area (Å²) in [4.78, 5) is 10.9. The molecule has 1 saturated carbocycles. The average molecular weight is 192 g/mol. The summed E-state index contributed by atoms with van der Waals surface area (Å²) in [6.07, 6.45) is 2.43. The van der Waals surface area contributed by atoms with E-state index in [1.165, 1.54) is 0 Å². The summed E-state index contributed by atoms with van der Waals surface area (Å²) in [6, 6.07) is 4.86. The van der Waals surface area contributed by atoms with Crippen LogP contribution in [0.25, 0.3) is 0 Å². The van der Waals surface area contributed by atoms with E-state index in [4.69, 9.17) is 16.2 Å². The number of carbonyl (C=O) groups is 1. The van der Waals surface area contributed by atoms with E-state index in [0.29, 0.717) is 17.0 Å². The number of nitrogens with two attached hydrogens (primary N) is 2. The number of primary amides is 1. The molecule has 4 heteroatoms. The number of hydrogen-bond donors (Lipinski definition) is 2. The van der Waals surface area contributed by atoms with Gasteiger partial charge in [0.15, 0.2) is 0 Å². The fraction of sp³-hybridized carbons (Fsp3) is 0.300. The minimum absolute atomic E-state index is 0.289. The van der Waals surface area contributed by atoms with Gasteiger partial charge in [0.2, 0.25) is 5.91 Å². The lowest BCUT2D eigenvalue weighted by atomic mass is 10.2. The van der Waals surface area contributed by atoms with Gasteiger partial charge in [-0.15, -0.1) is 0 Å². The lowest BCUT2D eigenvalue weighted by Gasteiger charge is -2.06. The predicted molar refractivity (Wildman–Crippen MR) is 53.0 cm³/mol. The minimum Gasteiger partial charge on any atom is -0.490 e. The highest BCUT2D eigenvalue weighted by molar-refractivity contribution is 5.94. The van der Waals surface area contributed by atoms with Gasteiger partial charge in [-0.05, 0) is 25.0 Å². The van der Waals surface area contributed by atoms with Crippen molar-refractivity contribution in [2.24, 2.45) is 5.73 Å². The maximum absolute atomic E-state index is 10.9. The van der Waals surface area contributed by atoms with Gasteiger partial charge in [0.1, 0.15) is 5.75 Å². The molecule has 2 rings (SSSR count). The average Bonchev–Trinajstić information content (AvgIpc) is 2.87. The molecular weight excluding hydrogens is 180 g/mol. The Morgan fingerprint density at radius 2 is 2.07 bits per heavy atom. The third kappa shape index (κ3) is 1.96. The van der Waals surface area contributed by atoms with Crippen LogP contribution in [-0.4, -0.2) is 12.0 Å². The second-order valence-electron chi connectivity index (χ2n) is 3.47. The summed E-state index contributed by atoms with van der Waals surface area (Å²) in [6.45, 7) is 0. The van der Waals surface area contributed by atoms with E-state index in [1.54, 1.807) is 18.2 Å². The van der Waals surface area contributed by atoms with Crippen molar-refractivity contribution >= 4 is 11.6 Å². The van der Waals surface area contributed by atoms with Gasteiger partial charge in [0.05, 0.1) is 6.10 Å². The number of rotatable bonds is 3. The largest absolute Gasteiger partial charge is 0.490 e. The van der Waals surface area contributed by atoms with Crippen LogP contribution >= 0.6 is 0 Å². The zero-order chi connectivity index (χ0) is 10.1. The Labute approximate surface area is 81.8 Å². The Morgan fingerprint density at radius 1 is 1.36 bits per heavy atom. The topological polar surface area (TPSA) is 78.3 Å². The first kappa shape index (κ1) is 8.87. The third-order valence-corrected chi connectivity index (χ3v) is 2.04. The maximum Gasteiger partial charge on any atom is 0.248 e. The number of hydrogen-bond acceptors (Lipinski definition) is 3. The van der Waals surface area contributed by atoms with Gasteiger partial charge in [-0.1, -0.05) is 0 Å². The summed E-state index contributed by atoms with van der Waals surface area (Å²) in [7, 11) is 0. The van der Waals surface area contributed by atoms with Crippen LogP contribution in [0.2, 0.25) is 0 Å². The van der Waals surface area contributed by atoms with Crippen LogP contribution in [-0.2, 0) is 0 Å². The van der Waals surface area contributed by atoms with E-state index in [9.17, 15) is 4.79 Å². The molecule has 4 N–H and O–H groups in total. The molecule has 4 nitrogen and oxygen atoms in total. The van der Waals surface area contributed by atoms with Gasteiger partial charge in [-0.2, -0.15) is 0 Å². The normalized spacial score (nSPS) is 15.1. The fourth-order valence-electron chi connectivity index (χ4n) is 1.21. The lowest BCUT2D eigenvalue weighted by molar-refractivity contribution is 0.1000. The first-order valence-electron chi connectivity index (χ1n) is 4.52. The smallest absolute Gasteiger partial charge is 0.248 e. The molecule has 0 spiro atoms. The summed E-state index contributed by atoms with van der Waals surface area (Å²) >= 11 is 0. The first-order chi connectivity index (χ1) is 6.65. The first-order valence-corrected chi connectivity index (χ1v) is 4.52. The van der Waals surface area contributed by atoms with Crippen molar-refractivity contribution in [2.75, 3.05) is 5.73 Å². The van der Waals surface area contributed by atoms with Gasteiger partial charge < -0.3 is 16.2 Å². The van der Waals surface area contributed by atoms with Crippen molar-refractivity contribution < 1.29 is 9.53 Å². The van der Waals surface area contributed by atoms with Gasteiger partial charge in [-0.25, -0.2) is 0 Å². The fourth-order valence-corrected chi connectivity index (χ4v) is 1.21. The summed E-state index contributed by atoms with van der Waals surface area (Å²) in [5.74, 6) is 0.138. The lowest BCUT2D eigenvalue weighted by Crippen LogP contribution is -2.11. The van der Waals surface area contributed by atoms with E-state index in [1.807, 2.05) is 0 Å². The predicted octanol–water partition coefficient (Wildman–Crippen LogP) is 0.909. The second-order valence-corrected chi connectivity index (χ2v) is 3.47. The number of nitrogen functional groups attached to an aromatic ring is 1. The highest BCUT2D eigenvalue weighted by atomic mass is 16.5. The molecule has 0 bridgehead atoms. The molecule has 14 heavy (non-hydrogen) atoms. The molecule has 1 aromatic carbocycles. The van der Waals surface area contributed by atoms with Crippen LogP contribution in [0.1, 0.15) is 23.2 Å². The van der Waals surface area contributed by atoms with Crippen molar-refractivity contribution in [3.05, 3.63) is 23.8 Å². The maximum atomic E-state index is 10.9. The highest BCUT2D eigenvalue weighted by Gasteiger charge is 2.23. The molecule has 1 aliphatic carbocycles. The summed E-state index contributed by atoms with van der Waals surface area (Å²) in [5.41, 5.74) is 11.6. The van der Waals surface area contributed by atoms with Crippen LogP contribution in [0.3, 0.4) is 0 Å². The third-order valence-electron chi connectivity index (χ3n) is 2.04. The molecule has 1 amide bonds. The van der Waals surface area contributed by atoms with Crippen LogP contribution in [0, 0.1) is 0 Å². The van der Waals surface area contributed by atoms with Crippen LogP contribution in [0.15, 0.2) is 18.2 Å². The molecule has 0 saturated heterocycles. The second kappa shape index (κ2) is 3.21. The summed E-state index contributed by atoms with van der Waals surface area (Å²) < 4.78 is 5.51. The number of anilines is 1. The molecule has 1 aliphatic rings. The van der Waals surface area contributed by atoms with Crippen molar-refractivity contribution in [2.45, 2.75) is 18.9 Å². The standard InChI is InChI=1S/C10H12N2O2/c11-7-3-6(10(12)13)4-9(5-7)14-8-1-2-8/h3-5,8H,1-2,11H2,(H2,12,13). The zero-order valence-electron chi connectivity index (χ0n) is 7.69. The molecule has 0 unspecified atom stereocenters. The Balaban J connectivity index is 2.25. The van der Waals surface area contributed by atoms with E-state index >= 15 is 0 Å². The van der Waals surface area contributed by atoms with Gasteiger partial charge in [-0.3, -0.25) is 4.79 Å². The summed E-state index contributed by atoms with van der Waals surface area (Å²) in [5, 5.41) is 0. The zero-order valence-corrected chi connectivity index (χ0v) is 7.69. The van der Waals surface area contributed by atoms with E-state index in [0.717, 1.165) is 12.8 Å². The SMILES string of the molecule is NC(=O)c1cc(N)cc(OC2CC2)c1. The van der Waals surface area contributed by atoms with E-state index in [2.05, 4.69) is 0 Å². The molecule has 0 heterocycles. The molecule has 74 valence electrons. The number of carbonyl (C=O) groups excluding carboxylic acids is 1. The molecule has 1 fully saturated rings. The van der Waals surface area contributed by atoms with Crippen molar-refractivity contribution in [3.8, 4) is 5.75 Å². The molecule has 0 aliphatic heterocycles. The monoisotopic (exact) mass is 192 g/mol. The molecular formula is C10H12N2O2. The Hall–Kier alpha value is -1.71. The number of ether oxygens (including phenoxy) is 1. The van der Waals surface area contributed by atoms with Crippen LogP contribution in [0.4, 0.5) is 5.69 Å². The number of benzene rings is 1. The van der Waals surface area contributed by atoms with Gasteiger partial charge in [0.25, 0.3) is 0 Å². The van der Waals surface area contributed by atoms with Crippen molar-refractivity contribution in [1.82, 2.24) is 0 Å². The molecule has 0 radical (unpaired) electrons. The van der Waals surface area contributed by atoms with Gasteiger partial charge >= 0.3 is 0 Å². The van der Waals surface area contributed by atoms with E-state index in [-0.39, 0.29) is 6.10 Å². The Bertz CT molecular complexity index is 372. The highest BCUT2D eigenvalue weighted by Crippen LogP contribution is 2.28. The molecule has 0 aromatic heterocycles. The quantitative estimate of drug-likeness (QED) is 0.698. The van der Waals surface area contributed by atoms with Crippen LogP contribution < -0.4 is 16.2 Å². The molecule has 1 aromatic rings. The van der Waals surface area contributed by atoms with Gasteiger partial charge in [0, 0.05) is 17.3 Å². The Kier molecular flexibility index (Phi) is 2.04. The van der Waals surface area contributed by atoms with Crippen molar-refractivity contribution in [3.63, 3.8) is 0 Å². The van der Waals surface area contributed by atoms with Crippen molar-refractivity contribution in [1.29, 1.82) is 0 Å². The van der Waals surface area contributed by atoms with E-state index < -0.39 is 5.91 Å². The number of amides is 1. The minimum atomic E-state index is -0.488.